The van der Waals surface area contributed by atoms with Crippen molar-refractivity contribution in [2.45, 2.75) is 13.5 Å². The highest BCUT2D eigenvalue weighted by Gasteiger charge is 2.13. The van der Waals surface area contributed by atoms with Gasteiger partial charge in [-0.3, -0.25) is 0 Å². The first-order chi connectivity index (χ1) is 14.5. The molecule has 30 heavy (non-hydrogen) atoms. The molecule has 3 aromatic rings. The summed E-state index contributed by atoms with van der Waals surface area (Å²) in [5.41, 5.74) is 1.87. The van der Waals surface area contributed by atoms with Crippen molar-refractivity contribution >= 4 is 27.6 Å². The van der Waals surface area contributed by atoms with Crippen LogP contribution in [-0.2, 0) is 6.61 Å². The third kappa shape index (κ3) is 5.25. The van der Waals surface area contributed by atoms with Crippen molar-refractivity contribution in [2.24, 2.45) is 0 Å². The molecule has 0 amide bonds. The molecule has 0 heterocycles. The molecule has 0 aromatic heterocycles. The van der Waals surface area contributed by atoms with Crippen LogP contribution < -0.4 is 9.47 Å². The minimum Gasteiger partial charge on any atom is -0.490 e. The molecule has 0 bridgehead atoms. The summed E-state index contributed by atoms with van der Waals surface area (Å²) in [5, 5.41) is 9.53. The smallest absolute Gasteiger partial charge is 0.162 e. The lowest BCUT2D eigenvalue weighted by Crippen LogP contribution is -2.00. The molecule has 0 radical (unpaired) electrons. The first-order valence-corrected chi connectivity index (χ1v) is 10.0. The SMILES string of the molecule is CCOc1cc(/C=C(/C#N)c2ccccc2F)c(Br)cc1OCc1ccc(F)cc1. The van der Waals surface area contributed by atoms with Gasteiger partial charge in [0.2, 0.25) is 0 Å². The average Bonchev–Trinajstić information content (AvgIpc) is 2.74. The van der Waals surface area contributed by atoms with Crippen molar-refractivity contribution in [1.29, 1.82) is 5.26 Å². The number of ether oxygens (including phenoxy) is 2. The molecule has 0 aliphatic carbocycles. The van der Waals surface area contributed by atoms with E-state index in [1.54, 1.807) is 48.5 Å². The van der Waals surface area contributed by atoms with Crippen LogP contribution in [0.3, 0.4) is 0 Å². The van der Waals surface area contributed by atoms with Crippen LogP contribution in [0.4, 0.5) is 8.78 Å². The molecule has 3 aromatic carbocycles. The molecule has 152 valence electrons. The summed E-state index contributed by atoms with van der Waals surface area (Å²) in [5.74, 6) is 0.205. The van der Waals surface area contributed by atoms with Crippen molar-refractivity contribution in [1.82, 2.24) is 0 Å². The minimum absolute atomic E-state index is 0.191. The Bertz CT molecular complexity index is 1110. The summed E-state index contributed by atoms with van der Waals surface area (Å²) in [6.45, 7) is 2.50. The van der Waals surface area contributed by atoms with Gasteiger partial charge >= 0.3 is 0 Å². The Morgan fingerprint density at radius 3 is 2.40 bits per heavy atom. The Labute approximate surface area is 182 Å². The number of hydrogen-bond acceptors (Lipinski definition) is 3. The Balaban J connectivity index is 1.93. The van der Waals surface area contributed by atoms with Crippen LogP contribution in [0.1, 0.15) is 23.6 Å². The normalized spacial score (nSPS) is 11.1. The quantitative estimate of drug-likeness (QED) is 0.283. The van der Waals surface area contributed by atoms with Crippen LogP contribution in [0.5, 0.6) is 11.5 Å². The van der Waals surface area contributed by atoms with Crippen LogP contribution in [0.25, 0.3) is 11.6 Å². The fraction of sp³-hybridized carbons (Fsp3) is 0.125. The van der Waals surface area contributed by atoms with Gasteiger partial charge in [-0.25, -0.2) is 8.78 Å². The van der Waals surface area contributed by atoms with Gasteiger partial charge in [0.1, 0.15) is 18.2 Å². The lowest BCUT2D eigenvalue weighted by Gasteiger charge is -2.14. The van der Waals surface area contributed by atoms with Gasteiger partial charge in [0, 0.05) is 10.0 Å². The lowest BCUT2D eigenvalue weighted by molar-refractivity contribution is 0.269. The molecular formula is C24H18BrF2NO2. The highest BCUT2D eigenvalue weighted by Crippen LogP contribution is 2.36. The van der Waals surface area contributed by atoms with Gasteiger partial charge in [-0.05, 0) is 54.5 Å². The van der Waals surface area contributed by atoms with E-state index in [-0.39, 0.29) is 23.6 Å². The van der Waals surface area contributed by atoms with E-state index >= 15 is 0 Å². The average molecular weight is 470 g/mol. The highest BCUT2D eigenvalue weighted by molar-refractivity contribution is 9.10. The monoisotopic (exact) mass is 469 g/mol. The van der Waals surface area contributed by atoms with Gasteiger partial charge in [-0.2, -0.15) is 5.26 Å². The molecule has 0 spiro atoms. The number of allylic oxidation sites excluding steroid dienone is 1. The van der Waals surface area contributed by atoms with E-state index in [4.69, 9.17) is 9.47 Å². The first-order valence-electron chi connectivity index (χ1n) is 9.22. The molecular weight excluding hydrogens is 452 g/mol. The van der Waals surface area contributed by atoms with Gasteiger partial charge in [-0.15, -0.1) is 0 Å². The molecule has 6 heteroatoms. The Morgan fingerprint density at radius 1 is 1.03 bits per heavy atom. The van der Waals surface area contributed by atoms with Crippen LogP contribution >= 0.6 is 15.9 Å². The second-order valence-corrected chi connectivity index (χ2v) is 7.17. The molecule has 0 atom stereocenters. The third-order valence-electron chi connectivity index (χ3n) is 4.25. The second-order valence-electron chi connectivity index (χ2n) is 6.32. The van der Waals surface area contributed by atoms with Crippen molar-refractivity contribution in [3.8, 4) is 17.6 Å². The summed E-state index contributed by atoms with van der Waals surface area (Å²) in [6, 6.07) is 17.7. The number of nitriles is 1. The third-order valence-corrected chi connectivity index (χ3v) is 4.94. The summed E-state index contributed by atoms with van der Waals surface area (Å²) < 4.78 is 39.4. The van der Waals surface area contributed by atoms with Gasteiger partial charge in [0.25, 0.3) is 0 Å². The van der Waals surface area contributed by atoms with Crippen LogP contribution in [0.15, 0.2) is 65.1 Å². The maximum absolute atomic E-state index is 14.1. The van der Waals surface area contributed by atoms with E-state index in [0.29, 0.717) is 28.1 Å². The molecule has 0 aliphatic heterocycles. The highest BCUT2D eigenvalue weighted by atomic mass is 79.9. The molecule has 3 rings (SSSR count). The van der Waals surface area contributed by atoms with Crippen molar-refractivity contribution in [3.63, 3.8) is 0 Å². The Kier molecular flexibility index (Phi) is 7.21. The molecule has 0 fully saturated rings. The van der Waals surface area contributed by atoms with Gasteiger partial charge in [0.15, 0.2) is 11.5 Å². The van der Waals surface area contributed by atoms with Crippen molar-refractivity contribution < 1.29 is 18.3 Å². The number of nitrogens with zero attached hydrogens (tertiary/aromatic N) is 1. The summed E-state index contributed by atoms with van der Waals surface area (Å²) in [7, 11) is 0. The summed E-state index contributed by atoms with van der Waals surface area (Å²) in [6.07, 6.45) is 1.59. The van der Waals surface area contributed by atoms with Gasteiger partial charge in [0.05, 0.1) is 18.2 Å². The van der Waals surface area contributed by atoms with E-state index in [9.17, 15) is 14.0 Å². The predicted octanol–water partition coefficient (Wildman–Crippen LogP) is 6.77. The minimum atomic E-state index is -0.467. The fourth-order valence-electron chi connectivity index (χ4n) is 2.79. The first kappa shape index (κ1) is 21.5. The van der Waals surface area contributed by atoms with E-state index in [2.05, 4.69) is 15.9 Å². The number of hydrogen-bond donors (Lipinski definition) is 0. The second kappa shape index (κ2) is 10.0. The maximum atomic E-state index is 14.1. The molecule has 0 saturated carbocycles. The maximum Gasteiger partial charge on any atom is 0.162 e. The summed E-state index contributed by atoms with van der Waals surface area (Å²) in [4.78, 5) is 0. The molecule has 0 saturated heterocycles. The van der Waals surface area contributed by atoms with Crippen molar-refractivity contribution in [2.75, 3.05) is 6.61 Å². The van der Waals surface area contributed by atoms with Crippen LogP contribution in [0.2, 0.25) is 0 Å². The molecule has 0 aliphatic rings. The zero-order valence-corrected chi connectivity index (χ0v) is 17.7. The van der Waals surface area contributed by atoms with Crippen LogP contribution in [0, 0.1) is 23.0 Å². The molecule has 0 unspecified atom stereocenters. The zero-order chi connectivity index (χ0) is 21.5. The summed E-state index contributed by atoms with van der Waals surface area (Å²) >= 11 is 3.48. The van der Waals surface area contributed by atoms with E-state index < -0.39 is 5.82 Å². The fourth-order valence-corrected chi connectivity index (χ4v) is 3.23. The van der Waals surface area contributed by atoms with Gasteiger partial charge in [-0.1, -0.05) is 46.3 Å². The Hall–Kier alpha value is -3.17. The topological polar surface area (TPSA) is 42.2 Å². The molecule has 0 N–H and O–H groups in total. The Morgan fingerprint density at radius 2 is 1.73 bits per heavy atom. The van der Waals surface area contributed by atoms with Crippen LogP contribution in [-0.4, -0.2) is 6.61 Å². The standard InChI is InChI=1S/C24H18BrF2NO2/c1-2-29-23-12-17(11-18(14-28)20-5-3-4-6-22(20)27)21(25)13-24(23)30-15-16-7-9-19(26)10-8-16/h3-13H,2,15H2,1H3/b18-11-. The zero-order valence-electron chi connectivity index (χ0n) is 16.2. The lowest BCUT2D eigenvalue weighted by atomic mass is 10.0. The largest absolute Gasteiger partial charge is 0.490 e. The predicted molar refractivity (Wildman–Crippen MR) is 116 cm³/mol. The van der Waals surface area contributed by atoms with Crippen molar-refractivity contribution in [3.05, 3.63) is 93.5 Å². The van der Waals surface area contributed by atoms with E-state index in [1.165, 1.54) is 18.2 Å². The number of rotatable bonds is 7. The number of benzene rings is 3. The van der Waals surface area contributed by atoms with E-state index in [1.807, 2.05) is 13.0 Å². The molecule has 3 nitrogen and oxygen atoms in total. The van der Waals surface area contributed by atoms with E-state index in [0.717, 1.165) is 5.56 Å². The van der Waals surface area contributed by atoms with Gasteiger partial charge < -0.3 is 9.47 Å². The number of halogens is 3.